The maximum atomic E-state index is 12.9. The third-order valence-electron chi connectivity index (χ3n) is 1.88. The summed E-state index contributed by atoms with van der Waals surface area (Å²) in [6.07, 6.45) is 0.0567. The zero-order valence-electron chi connectivity index (χ0n) is 6.35. The van der Waals surface area contributed by atoms with E-state index in [-0.39, 0.29) is 13.0 Å². The zero-order valence-corrected chi connectivity index (χ0v) is 6.35. The SMILES string of the molecule is NCCC(F)(F)C1CCCO1. The van der Waals surface area contributed by atoms with Gasteiger partial charge in [-0.1, -0.05) is 0 Å². The van der Waals surface area contributed by atoms with Crippen molar-refractivity contribution < 1.29 is 13.5 Å². The van der Waals surface area contributed by atoms with Gasteiger partial charge in [-0.05, 0) is 19.4 Å². The molecule has 0 spiro atoms. The Morgan fingerprint density at radius 1 is 1.55 bits per heavy atom. The molecular weight excluding hydrogens is 152 g/mol. The van der Waals surface area contributed by atoms with Crippen molar-refractivity contribution in [1.82, 2.24) is 0 Å². The van der Waals surface area contributed by atoms with Crippen LogP contribution >= 0.6 is 0 Å². The fourth-order valence-electron chi connectivity index (χ4n) is 1.26. The first kappa shape index (κ1) is 8.87. The molecule has 2 N–H and O–H groups in total. The fraction of sp³-hybridized carbons (Fsp3) is 1.00. The maximum absolute atomic E-state index is 12.9. The van der Waals surface area contributed by atoms with Gasteiger partial charge in [0.05, 0.1) is 0 Å². The van der Waals surface area contributed by atoms with Crippen molar-refractivity contribution in [2.45, 2.75) is 31.3 Å². The molecule has 0 amide bonds. The number of rotatable bonds is 3. The Labute approximate surface area is 64.7 Å². The van der Waals surface area contributed by atoms with Crippen molar-refractivity contribution in [3.05, 3.63) is 0 Å². The third kappa shape index (κ3) is 2.10. The molecule has 0 bridgehead atoms. The Kier molecular flexibility index (Phi) is 2.78. The molecule has 0 radical (unpaired) electrons. The number of ether oxygens (including phenoxy) is 1. The third-order valence-corrected chi connectivity index (χ3v) is 1.88. The molecule has 1 rings (SSSR count). The smallest absolute Gasteiger partial charge is 0.274 e. The number of nitrogens with two attached hydrogens (primary N) is 1. The van der Waals surface area contributed by atoms with Gasteiger partial charge in [0.15, 0.2) is 0 Å². The average molecular weight is 165 g/mol. The van der Waals surface area contributed by atoms with E-state index in [4.69, 9.17) is 10.5 Å². The van der Waals surface area contributed by atoms with E-state index >= 15 is 0 Å². The number of hydrogen-bond donors (Lipinski definition) is 1. The minimum atomic E-state index is -2.72. The van der Waals surface area contributed by atoms with Gasteiger partial charge in [0, 0.05) is 13.0 Å². The van der Waals surface area contributed by atoms with Gasteiger partial charge in [0.25, 0.3) is 5.92 Å². The Hall–Kier alpha value is -0.220. The predicted molar refractivity (Wildman–Crippen MR) is 37.6 cm³/mol. The fourth-order valence-corrected chi connectivity index (χ4v) is 1.26. The Balaban J connectivity index is 2.41. The highest BCUT2D eigenvalue weighted by Crippen LogP contribution is 2.31. The van der Waals surface area contributed by atoms with Crippen LogP contribution in [0.5, 0.6) is 0 Å². The molecule has 0 aliphatic carbocycles. The van der Waals surface area contributed by atoms with Crippen LogP contribution in [-0.2, 0) is 4.74 Å². The summed E-state index contributed by atoms with van der Waals surface area (Å²) in [6, 6.07) is 0. The van der Waals surface area contributed by atoms with Crippen molar-refractivity contribution in [3.63, 3.8) is 0 Å². The van der Waals surface area contributed by atoms with Crippen LogP contribution in [0.25, 0.3) is 0 Å². The summed E-state index contributed by atoms with van der Waals surface area (Å²) in [6.45, 7) is 0.484. The van der Waals surface area contributed by atoms with Gasteiger partial charge in [0.2, 0.25) is 0 Å². The quantitative estimate of drug-likeness (QED) is 0.680. The van der Waals surface area contributed by atoms with Crippen LogP contribution in [-0.4, -0.2) is 25.2 Å². The van der Waals surface area contributed by atoms with Gasteiger partial charge in [0.1, 0.15) is 6.10 Å². The average Bonchev–Trinajstić information content (AvgIpc) is 2.37. The summed E-state index contributed by atoms with van der Waals surface area (Å²) in [4.78, 5) is 0. The second-order valence-corrected chi connectivity index (χ2v) is 2.80. The van der Waals surface area contributed by atoms with Crippen LogP contribution in [0.15, 0.2) is 0 Å². The summed E-state index contributed by atoms with van der Waals surface area (Å²) in [5.74, 6) is -2.72. The second-order valence-electron chi connectivity index (χ2n) is 2.80. The van der Waals surface area contributed by atoms with E-state index in [1.54, 1.807) is 0 Å². The van der Waals surface area contributed by atoms with Gasteiger partial charge in [-0.15, -0.1) is 0 Å². The van der Waals surface area contributed by atoms with E-state index in [9.17, 15) is 8.78 Å². The Bertz CT molecular complexity index is 124. The lowest BCUT2D eigenvalue weighted by Crippen LogP contribution is -2.34. The zero-order chi connectivity index (χ0) is 8.32. The summed E-state index contributed by atoms with van der Waals surface area (Å²) in [7, 11) is 0. The molecular formula is C7H13F2NO. The van der Waals surface area contributed by atoms with E-state index in [2.05, 4.69) is 0 Å². The first-order chi connectivity index (χ1) is 5.17. The lowest BCUT2D eigenvalue weighted by molar-refractivity contribution is -0.118. The molecule has 0 aromatic heterocycles. The van der Waals surface area contributed by atoms with E-state index in [0.717, 1.165) is 6.42 Å². The molecule has 1 aliphatic rings. The molecule has 0 aromatic rings. The van der Waals surface area contributed by atoms with Crippen molar-refractivity contribution in [2.24, 2.45) is 5.73 Å². The first-order valence-corrected chi connectivity index (χ1v) is 3.86. The van der Waals surface area contributed by atoms with E-state index in [1.165, 1.54) is 0 Å². The van der Waals surface area contributed by atoms with E-state index < -0.39 is 12.0 Å². The normalized spacial score (nSPS) is 25.9. The highest BCUT2D eigenvalue weighted by Gasteiger charge is 2.41. The standard InChI is InChI=1S/C7H13F2NO/c8-7(9,3-4-10)6-2-1-5-11-6/h6H,1-5,10H2. The molecule has 0 saturated carbocycles. The summed E-state index contributed by atoms with van der Waals surface area (Å²) < 4.78 is 30.7. The van der Waals surface area contributed by atoms with E-state index in [0.29, 0.717) is 13.0 Å². The largest absolute Gasteiger partial charge is 0.372 e. The lowest BCUT2D eigenvalue weighted by Gasteiger charge is -2.21. The minimum absolute atomic E-state index is 0.0207. The molecule has 2 nitrogen and oxygen atoms in total. The second kappa shape index (κ2) is 3.45. The van der Waals surface area contributed by atoms with Gasteiger partial charge < -0.3 is 10.5 Å². The molecule has 1 atom stereocenters. The van der Waals surface area contributed by atoms with Crippen LogP contribution in [0.3, 0.4) is 0 Å². The van der Waals surface area contributed by atoms with Crippen LogP contribution < -0.4 is 5.73 Å². The summed E-state index contributed by atoms with van der Waals surface area (Å²) in [5, 5.41) is 0. The molecule has 1 heterocycles. The molecule has 66 valence electrons. The van der Waals surface area contributed by atoms with E-state index in [1.807, 2.05) is 0 Å². The number of hydrogen-bond acceptors (Lipinski definition) is 2. The molecule has 1 fully saturated rings. The Morgan fingerprint density at radius 2 is 2.27 bits per heavy atom. The summed E-state index contributed by atoms with van der Waals surface area (Å²) >= 11 is 0. The minimum Gasteiger partial charge on any atom is -0.372 e. The lowest BCUT2D eigenvalue weighted by atomic mass is 10.1. The first-order valence-electron chi connectivity index (χ1n) is 3.86. The Morgan fingerprint density at radius 3 is 2.73 bits per heavy atom. The van der Waals surface area contributed by atoms with Crippen LogP contribution in [0.1, 0.15) is 19.3 Å². The van der Waals surface area contributed by atoms with Crippen LogP contribution in [0.2, 0.25) is 0 Å². The van der Waals surface area contributed by atoms with Crippen molar-refractivity contribution in [3.8, 4) is 0 Å². The molecule has 1 saturated heterocycles. The maximum Gasteiger partial charge on any atom is 0.274 e. The van der Waals surface area contributed by atoms with Gasteiger partial charge in [-0.3, -0.25) is 0 Å². The predicted octanol–water partition coefficient (Wildman–Crippen LogP) is 1.15. The highest BCUT2D eigenvalue weighted by molar-refractivity contribution is 4.81. The molecule has 1 aliphatic heterocycles. The molecule has 1 unspecified atom stereocenters. The monoisotopic (exact) mass is 165 g/mol. The number of alkyl halides is 2. The summed E-state index contributed by atoms with van der Waals surface area (Å²) in [5.41, 5.74) is 5.05. The van der Waals surface area contributed by atoms with Gasteiger partial charge in [-0.25, -0.2) is 8.78 Å². The highest BCUT2D eigenvalue weighted by atomic mass is 19.3. The molecule has 4 heteroatoms. The van der Waals surface area contributed by atoms with Gasteiger partial charge >= 0.3 is 0 Å². The topological polar surface area (TPSA) is 35.2 Å². The molecule has 11 heavy (non-hydrogen) atoms. The molecule has 0 aromatic carbocycles. The van der Waals surface area contributed by atoms with Crippen LogP contribution in [0, 0.1) is 0 Å². The van der Waals surface area contributed by atoms with Crippen molar-refractivity contribution >= 4 is 0 Å². The van der Waals surface area contributed by atoms with Crippen molar-refractivity contribution in [2.75, 3.05) is 13.2 Å². The number of halogens is 2. The van der Waals surface area contributed by atoms with Crippen molar-refractivity contribution in [1.29, 1.82) is 0 Å². The van der Waals surface area contributed by atoms with Crippen LogP contribution in [0.4, 0.5) is 8.78 Å². The van der Waals surface area contributed by atoms with Gasteiger partial charge in [-0.2, -0.15) is 0 Å².